The molecule has 0 aliphatic rings. The topological polar surface area (TPSA) is 113 Å². The average molecular weight is 280 g/mol. The molecule has 1 radical (unpaired) electrons. The van der Waals surface area contributed by atoms with Crippen LogP contribution in [0, 0.1) is 6.61 Å². The molecule has 1 aromatic rings. The molecule has 7 heteroatoms. The molecule has 0 heterocycles. The molecule has 1 aromatic carbocycles. The highest BCUT2D eigenvalue weighted by molar-refractivity contribution is 5.95. The molecular weight excluding hydrogens is 266 g/mol. The molecule has 1 atom stereocenters. The molecule has 3 N–H and O–H groups in total. The molecule has 0 spiro atoms. The van der Waals surface area contributed by atoms with E-state index in [1.165, 1.54) is 0 Å². The maximum Gasteiger partial charge on any atom is 0.408 e. The van der Waals surface area contributed by atoms with Gasteiger partial charge in [-0.05, 0) is 5.56 Å². The number of hydrogen-bond acceptors (Lipinski definition) is 5. The lowest BCUT2D eigenvalue weighted by Crippen LogP contribution is -2.42. The molecular formula is C13H14NO6. The Morgan fingerprint density at radius 3 is 2.45 bits per heavy atom. The van der Waals surface area contributed by atoms with Crippen LogP contribution in [0.1, 0.15) is 12.0 Å². The second-order valence-corrected chi connectivity index (χ2v) is 3.89. The Labute approximate surface area is 115 Å². The summed E-state index contributed by atoms with van der Waals surface area (Å²) in [5.74, 6) is -2.20. The first-order chi connectivity index (χ1) is 9.52. The van der Waals surface area contributed by atoms with Crippen LogP contribution in [0.2, 0.25) is 0 Å². The third kappa shape index (κ3) is 5.49. The Kier molecular flexibility index (Phi) is 6.18. The monoisotopic (exact) mass is 280 g/mol. The van der Waals surface area contributed by atoms with Crippen molar-refractivity contribution in [2.45, 2.75) is 19.1 Å². The van der Waals surface area contributed by atoms with Crippen LogP contribution in [0.25, 0.3) is 0 Å². The van der Waals surface area contributed by atoms with Crippen molar-refractivity contribution in [1.29, 1.82) is 0 Å². The summed E-state index contributed by atoms with van der Waals surface area (Å²) in [4.78, 5) is 33.2. The summed E-state index contributed by atoms with van der Waals surface area (Å²) in [6, 6.07) is 7.48. The van der Waals surface area contributed by atoms with Gasteiger partial charge in [-0.25, -0.2) is 4.79 Å². The summed E-state index contributed by atoms with van der Waals surface area (Å²) in [6.45, 7) is 0.203. The molecule has 1 rings (SSSR count). The quantitative estimate of drug-likeness (QED) is 0.682. The molecule has 0 saturated carbocycles. The van der Waals surface area contributed by atoms with Crippen LogP contribution < -0.4 is 5.32 Å². The number of nitrogens with one attached hydrogen (secondary N) is 1. The van der Waals surface area contributed by atoms with Gasteiger partial charge in [-0.15, -0.1) is 0 Å². The van der Waals surface area contributed by atoms with Gasteiger partial charge in [0.15, 0.2) is 5.78 Å². The standard InChI is InChI=1S/C13H14NO6/c15-7-11(16)10(6-12(17)18)14-13(19)20-8-9-4-2-1-3-5-9/h1-5,7,10,15H,6,8H2,(H,14,19)(H,17,18)/t10-/m0/s1. The Hall–Kier alpha value is -2.41. The van der Waals surface area contributed by atoms with Gasteiger partial charge in [0.25, 0.3) is 0 Å². The maximum atomic E-state index is 11.5. The van der Waals surface area contributed by atoms with Crippen molar-refractivity contribution >= 4 is 17.8 Å². The van der Waals surface area contributed by atoms with E-state index in [1.54, 1.807) is 24.3 Å². The van der Waals surface area contributed by atoms with Gasteiger partial charge in [-0.3, -0.25) is 9.59 Å². The number of carboxylic acid groups (broad SMARTS) is 1. The molecule has 0 aromatic heterocycles. The number of rotatable bonds is 7. The molecule has 1 amide bonds. The maximum absolute atomic E-state index is 11.5. The largest absolute Gasteiger partial charge is 0.481 e. The lowest BCUT2D eigenvalue weighted by molar-refractivity contribution is -0.139. The number of aliphatic carboxylic acids is 1. The highest BCUT2D eigenvalue weighted by atomic mass is 16.5. The van der Waals surface area contributed by atoms with Crippen molar-refractivity contribution in [3.8, 4) is 0 Å². The molecule has 0 fully saturated rings. The van der Waals surface area contributed by atoms with E-state index in [1.807, 2.05) is 6.07 Å². The summed E-state index contributed by atoms with van der Waals surface area (Å²) in [5.41, 5.74) is 0.748. The summed E-state index contributed by atoms with van der Waals surface area (Å²) in [7, 11) is 0. The van der Waals surface area contributed by atoms with Crippen molar-refractivity contribution in [2.75, 3.05) is 0 Å². The zero-order valence-corrected chi connectivity index (χ0v) is 10.5. The minimum atomic E-state index is -1.36. The first-order valence-corrected chi connectivity index (χ1v) is 5.73. The Morgan fingerprint density at radius 2 is 1.90 bits per heavy atom. The number of carboxylic acids is 1. The number of carbonyl (C=O) groups excluding carboxylic acids is 2. The van der Waals surface area contributed by atoms with Crippen molar-refractivity contribution < 1.29 is 29.3 Å². The SMILES string of the molecule is O=C(O)C[C@H](NC(=O)OCc1ccccc1)C(=O)[CH]O. The number of alkyl carbamates (subject to hydrolysis) is 1. The van der Waals surface area contributed by atoms with Crippen LogP contribution in [-0.2, 0) is 20.9 Å². The Balaban J connectivity index is 2.49. The number of carbonyl (C=O) groups is 3. The highest BCUT2D eigenvalue weighted by Crippen LogP contribution is 2.02. The van der Waals surface area contributed by atoms with Crippen molar-refractivity contribution in [3.63, 3.8) is 0 Å². The number of aliphatic hydroxyl groups is 1. The van der Waals surface area contributed by atoms with Gasteiger partial charge < -0.3 is 20.3 Å². The van der Waals surface area contributed by atoms with Crippen LogP contribution in [0.5, 0.6) is 0 Å². The van der Waals surface area contributed by atoms with Gasteiger partial charge in [0, 0.05) is 0 Å². The summed E-state index contributed by atoms with van der Waals surface area (Å²) in [6.07, 6.45) is -1.58. The first kappa shape index (κ1) is 15.6. The van der Waals surface area contributed by atoms with E-state index in [9.17, 15) is 14.4 Å². The number of benzene rings is 1. The van der Waals surface area contributed by atoms with Gasteiger partial charge in [0.2, 0.25) is 0 Å². The second kappa shape index (κ2) is 7.90. The van der Waals surface area contributed by atoms with E-state index >= 15 is 0 Å². The predicted octanol–water partition coefficient (Wildman–Crippen LogP) is 0.859. The van der Waals surface area contributed by atoms with Gasteiger partial charge in [0.1, 0.15) is 19.3 Å². The molecule has 7 nitrogen and oxygen atoms in total. The summed E-state index contributed by atoms with van der Waals surface area (Å²) >= 11 is 0. The third-order valence-electron chi connectivity index (χ3n) is 2.35. The third-order valence-corrected chi connectivity index (χ3v) is 2.35. The molecule has 0 aliphatic heterocycles. The molecule has 0 unspecified atom stereocenters. The molecule has 107 valence electrons. The van der Waals surface area contributed by atoms with E-state index in [0.29, 0.717) is 0 Å². The fourth-order valence-corrected chi connectivity index (χ4v) is 1.39. The van der Waals surface area contributed by atoms with E-state index in [2.05, 4.69) is 5.32 Å². The number of aliphatic hydroxyl groups excluding tert-OH is 1. The zero-order valence-electron chi connectivity index (χ0n) is 10.5. The van der Waals surface area contributed by atoms with Crippen molar-refractivity contribution in [2.24, 2.45) is 0 Å². The molecule has 0 aliphatic carbocycles. The second-order valence-electron chi connectivity index (χ2n) is 3.89. The molecule has 0 saturated heterocycles. The lowest BCUT2D eigenvalue weighted by atomic mass is 10.1. The predicted molar refractivity (Wildman–Crippen MR) is 67.0 cm³/mol. The van der Waals surface area contributed by atoms with Crippen LogP contribution in [0.15, 0.2) is 30.3 Å². The van der Waals surface area contributed by atoms with Crippen molar-refractivity contribution in [3.05, 3.63) is 42.5 Å². The molecule has 20 heavy (non-hydrogen) atoms. The number of amides is 1. The van der Waals surface area contributed by atoms with Crippen LogP contribution in [0.4, 0.5) is 4.79 Å². The Bertz CT molecular complexity index is 473. The van der Waals surface area contributed by atoms with Crippen LogP contribution >= 0.6 is 0 Å². The van der Waals surface area contributed by atoms with Crippen molar-refractivity contribution in [1.82, 2.24) is 5.32 Å². The van der Waals surface area contributed by atoms with Gasteiger partial charge in [0.05, 0.1) is 6.42 Å². The lowest BCUT2D eigenvalue weighted by Gasteiger charge is -2.14. The normalized spacial score (nSPS) is 11.4. The van der Waals surface area contributed by atoms with Crippen LogP contribution in [0.3, 0.4) is 0 Å². The van der Waals surface area contributed by atoms with E-state index in [0.717, 1.165) is 5.56 Å². The van der Waals surface area contributed by atoms with Gasteiger partial charge in [-0.2, -0.15) is 0 Å². The average Bonchev–Trinajstić information content (AvgIpc) is 2.44. The van der Waals surface area contributed by atoms with Gasteiger partial charge in [-0.1, -0.05) is 30.3 Å². The Morgan fingerprint density at radius 1 is 1.25 bits per heavy atom. The van der Waals surface area contributed by atoms with E-state index in [4.69, 9.17) is 14.9 Å². The van der Waals surface area contributed by atoms with E-state index < -0.39 is 30.3 Å². The highest BCUT2D eigenvalue weighted by Gasteiger charge is 2.23. The smallest absolute Gasteiger partial charge is 0.408 e. The minimum absolute atomic E-state index is 0.0104. The van der Waals surface area contributed by atoms with Gasteiger partial charge >= 0.3 is 12.1 Å². The summed E-state index contributed by atoms with van der Waals surface area (Å²) < 4.78 is 4.84. The minimum Gasteiger partial charge on any atom is -0.481 e. The van der Waals surface area contributed by atoms with E-state index in [-0.39, 0.29) is 13.2 Å². The fourth-order valence-electron chi connectivity index (χ4n) is 1.39. The number of ether oxygens (including phenoxy) is 1. The number of ketones is 1. The first-order valence-electron chi connectivity index (χ1n) is 5.73. The molecule has 0 bridgehead atoms. The fraction of sp³-hybridized carbons (Fsp3) is 0.231. The number of Topliss-reactive ketones (excluding diaryl/α,β-unsaturated/α-hetero) is 1. The van der Waals surface area contributed by atoms with Crippen LogP contribution in [-0.4, -0.2) is 34.1 Å². The summed E-state index contributed by atoms with van der Waals surface area (Å²) in [5, 5.41) is 19.3. The zero-order chi connectivity index (χ0) is 15.0. The number of hydrogen-bond donors (Lipinski definition) is 3.